The van der Waals surface area contributed by atoms with Crippen molar-refractivity contribution in [3.63, 3.8) is 0 Å². The lowest BCUT2D eigenvalue weighted by Crippen LogP contribution is -2.42. The summed E-state index contributed by atoms with van der Waals surface area (Å²) in [6.07, 6.45) is 6.20. The highest BCUT2D eigenvalue weighted by Crippen LogP contribution is 2.30. The molecule has 210 valence electrons. The first kappa shape index (κ1) is 30.1. The van der Waals surface area contributed by atoms with Gasteiger partial charge in [0.1, 0.15) is 0 Å². The van der Waals surface area contributed by atoms with Crippen LogP contribution in [0.4, 0.5) is 10.1 Å². The summed E-state index contributed by atoms with van der Waals surface area (Å²) in [5, 5.41) is 4.86. The molecule has 2 aliphatic rings. The molecule has 2 aromatic rings. The van der Waals surface area contributed by atoms with Crippen molar-refractivity contribution < 1.29 is 9.18 Å². The van der Waals surface area contributed by atoms with Gasteiger partial charge in [-0.15, -0.1) is 0 Å². The molecule has 4 rings (SSSR count). The van der Waals surface area contributed by atoms with E-state index in [1.54, 1.807) is 32.1 Å². The Morgan fingerprint density at radius 1 is 1.15 bits per heavy atom. The summed E-state index contributed by atoms with van der Waals surface area (Å²) in [4.78, 5) is 20.4. The molecule has 1 fully saturated rings. The van der Waals surface area contributed by atoms with E-state index in [-0.39, 0.29) is 5.91 Å². The summed E-state index contributed by atoms with van der Waals surface area (Å²) in [5.74, 6) is 0.00175. The Morgan fingerprint density at radius 3 is 2.41 bits per heavy atom. The van der Waals surface area contributed by atoms with Crippen molar-refractivity contribution in [1.82, 2.24) is 25.2 Å². The highest BCUT2D eigenvalue weighted by Gasteiger charge is 2.23. The van der Waals surface area contributed by atoms with Crippen molar-refractivity contribution >= 4 is 17.2 Å². The first-order chi connectivity index (χ1) is 18.8. The summed E-state index contributed by atoms with van der Waals surface area (Å²) < 4.78 is 14.3. The fraction of sp³-hybridized carbons (Fsp3) is 0.419. The third-order valence-electron chi connectivity index (χ3n) is 7.15. The van der Waals surface area contributed by atoms with E-state index in [9.17, 15) is 9.18 Å². The number of benzene rings is 1. The summed E-state index contributed by atoms with van der Waals surface area (Å²) in [6.45, 7) is 11.6. The molecule has 0 bridgehead atoms. The van der Waals surface area contributed by atoms with Gasteiger partial charge in [0, 0.05) is 58.1 Å². The number of rotatable bonds is 6. The van der Waals surface area contributed by atoms with Gasteiger partial charge >= 0.3 is 0 Å². The Morgan fingerprint density at radius 2 is 1.82 bits per heavy atom. The molecule has 8 heteroatoms. The molecule has 39 heavy (non-hydrogen) atoms. The zero-order valence-corrected chi connectivity index (χ0v) is 24.2. The predicted octanol–water partition coefficient (Wildman–Crippen LogP) is 5.14. The molecule has 0 radical (unpaired) electrons. The number of halogens is 1. The summed E-state index contributed by atoms with van der Waals surface area (Å²) in [6, 6.07) is 11.6. The second-order valence-electron chi connectivity index (χ2n) is 9.86. The van der Waals surface area contributed by atoms with E-state index in [1.165, 1.54) is 5.56 Å². The van der Waals surface area contributed by atoms with Gasteiger partial charge in [-0.2, -0.15) is 4.39 Å². The third kappa shape index (κ3) is 7.55. The number of aromatic nitrogens is 1. The molecular weight excluding hydrogens is 491 g/mol. The number of hydrogen-bond donors (Lipinski definition) is 2. The van der Waals surface area contributed by atoms with Crippen molar-refractivity contribution in [2.24, 2.45) is 0 Å². The van der Waals surface area contributed by atoms with Crippen LogP contribution >= 0.6 is 0 Å². The topological polar surface area (TPSA) is 63.7 Å². The first-order valence-electron chi connectivity index (χ1n) is 13.7. The molecular formula is C31H43FN6O. The van der Waals surface area contributed by atoms with Crippen LogP contribution in [0.15, 0.2) is 66.4 Å². The third-order valence-corrected chi connectivity index (χ3v) is 7.15. The zero-order valence-electron chi connectivity index (χ0n) is 24.2. The number of likely N-dealkylation sites (tertiary alicyclic amines) is 1. The number of nitrogens with zero attached hydrogens (tertiary/aromatic N) is 4. The summed E-state index contributed by atoms with van der Waals surface area (Å²) in [7, 11) is 7.24. The number of hydrogen-bond acceptors (Lipinski definition) is 6. The zero-order chi connectivity index (χ0) is 28.5. The van der Waals surface area contributed by atoms with Gasteiger partial charge in [-0.25, -0.2) is 10.4 Å². The van der Waals surface area contributed by atoms with E-state index in [0.29, 0.717) is 23.8 Å². The summed E-state index contributed by atoms with van der Waals surface area (Å²) in [5.41, 5.74) is 9.11. The quantitative estimate of drug-likeness (QED) is 0.500. The Kier molecular flexibility index (Phi) is 10.8. The maximum atomic E-state index is 14.3. The highest BCUT2D eigenvalue weighted by molar-refractivity contribution is 5.93. The fourth-order valence-electron chi connectivity index (χ4n) is 4.89. The van der Waals surface area contributed by atoms with E-state index in [4.69, 9.17) is 0 Å². The standard InChI is InChI=1S/C29H37FN6O.C2H6/c1-20-18-24(35(5)32-15-12-25(20)26-10-11-27(31-2)28(30)33-26)19-36-16-13-22(14-17-36)21-6-8-23(9-7-21)29(37)34(3)4;1-2/h6-12,18,22,31-32H,1,13-17,19H2,2-5H3;1-2H3/b24-18-,25-12+;. The van der Waals surface area contributed by atoms with Gasteiger partial charge in [0.05, 0.1) is 11.4 Å². The van der Waals surface area contributed by atoms with Crippen molar-refractivity contribution in [3.05, 3.63) is 89.2 Å². The molecule has 0 saturated carbocycles. The molecule has 2 N–H and O–H groups in total. The smallest absolute Gasteiger partial charge is 0.253 e. The lowest BCUT2D eigenvalue weighted by atomic mass is 9.89. The van der Waals surface area contributed by atoms with E-state index in [1.807, 2.05) is 50.2 Å². The molecule has 1 aromatic heterocycles. The van der Waals surface area contributed by atoms with Crippen molar-refractivity contribution in [1.29, 1.82) is 0 Å². The molecule has 1 saturated heterocycles. The highest BCUT2D eigenvalue weighted by atomic mass is 19.1. The van der Waals surface area contributed by atoms with Crippen LogP contribution in [0.3, 0.4) is 0 Å². The minimum atomic E-state index is -0.521. The van der Waals surface area contributed by atoms with Crippen LogP contribution in [-0.2, 0) is 0 Å². The van der Waals surface area contributed by atoms with Gasteiger partial charge < -0.3 is 15.2 Å². The molecule has 2 aliphatic heterocycles. The van der Waals surface area contributed by atoms with E-state index in [2.05, 4.69) is 45.4 Å². The minimum absolute atomic E-state index is 0.0297. The number of anilines is 1. The largest absolute Gasteiger partial charge is 0.384 e. The van der Waals surface area contributed by atoms with Crippen LogP contribution in [0.5, 0.6) is 0 Å². The van der Waals surface area contributed by atoms with Crippen molar-refractivity contribution in [3.8, 4) is 0 Å². The number of likely N-dealkylation sites (N-methyl/N-ethyl adjacent to an activating group) is 1. The molecule has 0 aliphatic carbocycles. The average molecular weight is 535 g/mol. The lowest BCUT2D eigenvalue weighted by Gasteiger charge is -2.35. The Bertz CT molecular complexity index is 1200. The van der Waals surface area contributed by atoms with Crippen molar-refractivity contribution in [2.45, 2.75) is 32.6 Å². The first-order valence-corrected chi connectivity index (χ1v) is 13.7. The van der Waals surface area contributed by atoms with Gasteiger partial charge in [-0.1, -0.05) is 38.6 Å². The predicted molar refractivity (Wildman–Crippen MR) is 159 cm³/mol. The van der Waals surface area contributed by atoms with Crippen LogP contribution in [0.25, 0.3) is 5.57 Å². The molecule has 1 aromatic carbocycles. The van der Waals surface area contributed by atoms with Crippen LogP contribution in [-0.4, -0.2) is 80.1 Å². The van der Waals surface area contributed by atoms with Crippen LogP contribution in [0.1, 0.15) is 54.2 Å². The lowest BCUT2D eigenvalue weighted by molar-refractivity contribution is 0.0827. The van der Waals surface area contributed by atoms with Crippen LogP contribution < -0.4 is 10.7 Å². The number of allylic oxidation sites excluding steroid dienone is 3. The minimum Gasteiger partial charge on any atom is -0.384 e. The Labute approximate surface area is 233 Å². The number of nitrogens with one attached hydrogen (secondary N) is 2. The normalized spacial score (nSPS) is 19.5. The van der Waals surface area contributed by atoms with Gasteiger partial charge in [0.25, 0.3) is 5.91 Å². The summed E-state index contributed by atoms with van der Waals surface area (Å²) >= 11 is 0. The number of hydrazine groups is 1. The molecule has 7 nitrogen and oxygen atoms in total. The second kappa shape index (κ2) is 14.1. The fourth-order valence-corrected chi connectivity index (χ4v) is 4.89. The molecule has 0 atom stereocenters. The monoisotopic (exact) mass is 534 g/mol. The Balaban J connectivity index is 0.00000205. The molecule has 0 spiro atoms. The van der Waals surface area contributed by atoms with Crippen LogP contribution in [0.2, 0.25) is 0 Å². The van der Waals surface area contributed by atoms with E-state index >= 15 is 0 Å². The Hall–Kier alpha value is -3.49. The maximum absolute atomic E-state index is 14.3. The van der Waals surface area contributed by atoms with Gasteiger partial charge in [-0.05, 0) is 73.3 Å². The number of carbonyl (C=O) groups excluding carboxylic acids is 1. The van der Waals surface area contributed by atoms with Gasteiger partial charge in [-0.3, -0.25) is 9.69 Å². The van der Waals surface area contributed by atoms with Gasteiger partial charge in [0.15, 0.2) is 0 Å². The maximum Gasteiger partial charge on any atom is 0.253 e. The SMILES string of the molecule is C=C1/C=C(/CN2CCC(c3ccc(C(=O)N(C)C)cc3)CC2)N(C)NC/C=C\1c1ccc(NC)c(F)n1.CC. The van der Waals surface area contributed by atoms with E-state index in [0.717, 1.165) is 54.9 Å². The molecule has 1 amide bonds. The van der Waals surface area contributed by atoms with E-state index < -0.39 is 5.95 Å². The second-order valence-corrected chi connectivity index (χ2v) is 9.86. The number of amides is 1. The number of carbonyl (C=O) groups is 1. The van der Waals surface area contributed by atoms with Gasteiger partial charge in [0.2, 0.25) is 5.95 Å². The molecule has 3 heterocycles. The van der Waals surface area contributed by atoms with Crippen molar-refractivity contribution in [2.75, 3.05) is 59.7 Å². The average Bonchev–Trinajstić information content (AvgIpc) is 2.95. The molecule has 0 unspecified atom stereocenters. The number of piperidine rings is 1. The van der Waals surface area contributed by atoms with Crippen LogP contribution in [0, 0.1) is 5.95 Å². The number of pyridine rings is 1.